The summed E-state index contributed by atoms with van der Waals surface area (Å²) in [6.07, 6.45) is 0.868. The lowest BCUT2D eigenvalue weighted by Crippen LogP contribution is -2.39. The summed E-state index contributed by atoms with van der Waals surface area (Å²) in [5.74, 6) is -1.96. The minimum Gasteiger partial charge on any atom is -0.493 e. The number of nitrogens with one attached hydrogen (secondary N) is 2. The van der Waals surface area contributed by atoms with Crippen molar-refractivity contribution in [1.82, 2.24) is 10.6 Å². The molecule has 1 unspecified atom stereocenters. The van der Waals surface area contributed by atoms with E-state index in [0.717, 1.165) is 18.6 Å². The van der Waals surface area contributed by atoms with E-state index in [9.17, 15) is 18.4 Å². The molecule has 0 aliphatic heterocycles. The normalized spacial score (nSPS) is 11.7. The second-order valence-electron chi connectivity index (χ2n) is 7.09. The number of amides is 2. The predicted molar refractivity (Wildman–Crippen MR) is 109 cm³/mol. The van der Waals surface area contributed by atoms with E-state index in [-0.39, 0.29) is 11.1 Å². The van der Waals surface area contributed by atoms with E-state index in [4.69, 9.17) is 9.47 Å². The molecule has 0 heterocycles. The van der Waals surface area contributed by atoms with Crippen LogP contribution in [0.15, 0.2) is 36.4 Å². The summed E-state index contributed by atoms with van der Waals surface area (Å²) in [7, 11) is 2.84. The van der Waals surface area contributed by atoms with E-state index in [2.05, 4.69) is 24.5 Å². The van der Waals surface area contributed by atoms with Crippen molar-refractivity contribution in [3.8, 4) is 11.5 Å². The maximum atomic E-state index is 13.6. The van der Waals surface area contributed by atoms with Crippen LogP contribution in [0.4, 0.5) is 8.78 Å². The van der Waals surface area contributed by atoms with Crippen molar-refractivity contribution in [2.24, 2.45) is 5.92 Å². The Morgan fingerprint density at radius 1 is 1.03 bits per heavy atom. The van der Waals surface area contributed by atoms with Gasteiger partial charge in [0.15, 0.2) is 23.1 Å². The van der Waals surface area contributed by atoms with Crippen molar-refractivity contribution >= 4 is 11.8 Å². The molecule has 2 aromatic rings. The Hall–Kier alpha value is -3.16. The molecule has 8 heteroatoms. The van der Waals surface area contributed by atoms with Gasteiger partial charge in [-0.25, -0.2) is 8.78 Å². The summed E-state index contributed by atoms with van der Waals surface area (Å²) in [5.41, 5.74) is 0.335. The summed E-state index contributed by atoms with van der Waals surface area (Å²) >= 11 is 0. The van der Waals surface area contributed by atoms with Crippen LogP contribution < -0.4 is 20.1 Å². The summed E-state index contributed by atoms with van der Waals surface area (Å²) in [6, 6.07) is 6.46. The first-order valence-corrected chi connectivity index (χ1v) is 9.55. The van der Waals surface area contributed by atoms with Crippen LogP contribution >= 0.6 is 0 Å². The molecule has 0 aliphatic rings. The maximum Gasteiger partial charge on any atom is 0.252 e. The van der Waals surface area contributed by atoms with Crippen molar-refractivity contribution in [2.75, 3.05) is 20.8 Å². The third-order valence-electron chi connectivity index (χ3n) is 4.44. The molecular weight excluding hydrogens is 394 g/mol. The van der Waals surface area contributed by atoms with Crippen LogP contribution in [0, 0.1) is 17.6 Å². The van der Waals surface area contributed by atoms with Gasteiger partial charge in [-0.15, -0.1) is 0 Å². The molecule has 2 aromatic carbocycles. The number of rotatable bonds is 9. The molecule has 0 radical (unpaired) electrons. The average molecular weight is 420 g/mol. The van der Waals surface area contributed by atoms with Gasteiger partial charge in [-0.05, 0) is 48.2 Å². The fraction of sp³-hybridized carbons (Fsp3) is 0.364. The average Bonchev–Trinajstić information content (AvgIpc) is 2.73. The molecule has 2 N–H and O–H groups in total. The molecule has 2 amide bonds. The van der Waals surface area contributed by atoms with E-state index >= 15 is 0 Å². The van der Waals surface area contributed by atoms with Crippen molar-refractivity contribution in [1.29, 1.82) is 0 Å². The molecule has 0 fully saturated rings. The summed E-state index contributed by atoms with van der Waals surface area (Å²) in [6.45, 7) is 4.68. The summed E-state index contributed by atoms with van der Waals surface area (Å²) in [5, 5.41) is 4.94. The molecule has 0 saturated heterocycles. The van der Waals surface area contributed by atoms with E-state index in [1.165, 1.54) is 32.4 Å². The van der Waals surface area contributed by atoms with E-state index in [0.29, 0.717) is 24.0 Å². The first-order chi connectivity index (χ1) is 14.3. The molecule has 0 spiro atoms. The Morgan fingerprint density at radius 3 is 2.37 bits per heavy atom. The smallest absolute Gasteiger partial charge is 0.252 e. The minimum atomic E-state index is -1.20. The number of hydrogen-bond donors (Lipinski definition) is 2. The van der Waals surface area contributed by atoms with Crippen LogP contribution in [-0.4, -0.2) is 32.6 Å². The molecule has 1 atom stereocenters. The van der Waals surface area contributed by atoms with Crippen LogP contribution in [0.25, 0.3) is 0 Å². The number of halogens is 2. The van der Waals surface area contributed by atoms with Gasteiger partial charge < -0.3 is 20.1 Å². The summed E-state index contributed by atoms with van der Waals surface area (Å²) < 4.78 is 37.9. The van der Waals surface area contributed by atoms with Crippen LogP contribution in [0.1, 0.15) is 42.2 Å². The van der Waals surface area contributed by atoms with Crippen molar-refractivity contribution in [3.63, 3.8) is 0 Å². The molecule has 0 aromatic heterocycles. The molecule has 0 aliphatic carbocycles. The lowest BCUT2D eigenvalue weighted by Gasteiger charge is -2.19. The highest BCUT2D eigenvalue weighted by molar-refractivity contribution is 5.98. The van der Waals surface area contributed by atoms with Crippen LogP contribution in [0.3, 0.4) is 0 Å². The number of ether oxygens (including phenoxy) is 2. The van der Waals surface area contributed by atoms with E-state index < -0.39 is 29.5 Å². The Kier molecular flexibility index (Phi) is 8.15. The first kappa shape index (κ1) is 23.1. The number of carbonyl (C=O) groups is 2. The standard InChI is InChI=1S/C22H26F2N2O4/c1-13(2)9-10-30-18-8-6-15(12-19(18)29-4)21(27)26-20(22(28)25-3)14-5-7-16(23)17(24)11-14/h5-8,11-13,20H,9-10H2,1-4H3,(H,25,28)(H,26,27). The Labute approximate surface area is 174 Å². The van der Waals surface area contributed by atoms with Crippen LogP contribution in [0.2, 0.25) is 0 Å². The van der Waals surface area contributed by atoms with Gasteiger partial charge in [0.25, 0.3) is 5.91 Å². The van der Waals surface area contributed by atoms with Crippen molar-refractivity contribution in [2.45, 2.75) is 26.3 Å². The third-order valence-corrected chi connectivity index (χ3v) is 4.44. The quantitative estimate of drug-likeness (QED) is 0.650. The maximum absolute atomic E-state index is 13.6. The topological polar surface area (TPSA) is 76.7 Å². The summed E-state index contributed by atoms with van der Waals surface area (Å²) in [4.78, 5) is 25.0. The minimum absolute atomic E-state index is 0.113. The highest BCUT2D eigenvalue weighted by Crippen LogP contribution is 2.29. The fourth-order valence-electron chi connectivity index (χ4n) is 2.68. The fourth-order valence-corrected chi connectivity index (χ4v) is 2.68. The Balaban J connectivity index is 2.22. The largest absolute Gasteiger partial charge is 0.493 e. The highest BCUT2D eigenvalue weighted by Gasteiger charge is 2.24. The Bertz CT molecular complexity index is 903. The van der Waals surface area contributed by atoms with Gasteiger partial charge in [0.05, 0.1) is 13.7 Å². The van der Waals surface area contributed by atoms with Crippen molar-refractivity contribution in [3.05, 3.63) is 59.2 Å². The molecule has 30 heavy (non-hydrogen) atoms. The number of benzene rings is 2. The number of likely N-dealkylation sites (N-methyl/N-ethyl adjacent to an activating group) is 1. The molecule has 0 saturated carbocycles. The van der Waals surface area contributed by atoms with E-state index in [1.54, 1.807) is 6.07 Å². The second kappa shape index (κ2) is 10.6. The zero-order valence-corrected chi connectivity index (χ0v) is 17.4. The molecule has 6 nitrogen and oxygen atoms in total. The van der Waals surface area contributed by atoms with Gasteiger partial charge in [-0.1, -0.05) is 19.9 Å². The number of hydrogen-bond acceptors (Lipinski definition) is 4. The monoisotopic (exact) mass is 420 g/mol. The lowest BCUT2D eigenvalue weighted by atomic mass is 10.0. The van der Waals surface area contributed by atoms with Crippen LogP contribution in [-0.2, 0) is 4.79 Å². The molecular formula is C22H26F2N2O4. The van der Waals surface area contributed by atoms with Crippen molar-refractivity contribution < 1.29 is 27.8 Å². The second-order valence-corrected chi connectivity index (χ2v) is 7.09. The highest BCUT2D eigenvalue weighted by atomic mass is 19.2. The molecule has 162 valence electrons. The van der Waals surface area contributed by atoms with Gasteiger partial charge in [0.2, 0.25) is 5.91 Å². The van der Waals surface area contributed by atoms with Gasteiger partial charge >= 0.3 is 0 Å². The van der Waals surface area contributed by atoms with Gasteiger partial charge in [0.1, 0.15) is 6.04 Å². The van der Waals surface area contributed by atoms with Crippen LogP contribution in [0.5, 0.6) is 11.5 Å². The zero-order chi connectivity index (χ0) is 22.3. The number of carbonyl (C=O) groups excluding carboxylic acids is 2. The zero-order valence-electron chi connectivity index (χ0n) is 17.4. The van der Waals surface area contributed by atoms with Gasteiger partial charge in [-0.2, -0.15) is 0 Å². The Morgan fingerprint density at radius 2 is 1.77 bits per heavy atom. The predicted octanol–water partition coefficient (Wildman–Crippen LogP) is 3.62. The lowest BCUT2D eigenvalue weighted by molar-refractivity contribution is -0.122. The number of methoxy groups -OCH3 is 1. The van der Waals surface area contributed by atoms with Gasteiger partial charge in [0, 0.05) is 12.6 Å². The molecule has 0 bridgehead atoms. The third kappa shape index (κ3) is 5.92. The SMILES string of the molecule is CNC(=O)C(NC(=O)c1ccc(OCCC(C)C)c(OC)c1)c1ccc(F)c(F)c1. The van der Waals surface area contributed by atoms with E-state index in [1.807, 2.05) is 0 Å². The molecule has 2 rings (SSSR count). The first-order valence-electron chi connectivity index (χ1n) is 9.55. The van der Waals surface area contributed by atoms with Gasteiger partial charge in [-0.3, -0.25) is 9.59 Å².